The molecule has 33 heavy (non-hydrogen) atoms. The summed E-state index contributed by atoms with van der Waals surface area (Å²) in [6.07, 6.45) is 0. The Hall–Kier alpha value is -3.62. The molecular formula is C25H27N5O3. The average Bonchev–Trinajstić information content (AvgIpc) is 3.19. The highest BCUT2D eigenvalue weighted by atomic mass is 16.5. The maximum absolute atomic E-state index is 9.98. The zero-order valence-corrected chi connectivity index (χ0v) is 18.5. The van der Waals surface area contributed by atoms with Crippen LogP contribution in [0.5, 0.6) is 11.8 Å². The average molecular weight is 446 g/mol. The second kappa shape index (κ2) is 9.09. The van der Waals surface area contributed by atoms with E-state index in [1.165, 1.54) is 0 Å². The number of nitrogens with one attached hydrogen (secondary N) is 1. The van der Waals surface area contributed by atoms with Gasteiger partial charge in [-0.05, 0) is 29.8 Å². The van der Waals surface area contributed by atoms with Crippen LogP contribution in [-0.2, 0) is 13.7 Å². The maximum Gasteiger partial charge on any atom is 0.226 e. The first-order valence-electron chi connectivity index (χ1n) is 11.1. The number of pyridine rings is 1. The van der Waals surface area contributed by atoms with Crippen LogP contribution in [0.2, 0.25) is 0 Å². The van der Waals surface area contributed by atoms with Gasteiger partial charge in [-0.1, -0.05) is 30.3 Å². The van der Waals surface area contributed by atoms with E-state index in [2.05, 4.69) is 33.4 Å². The molecule has 8 nitrogen and oxygen atoms in total. The lowest BCUT2D eigenvalue weighted by atomic mass is 10.1. The lowest BCUT2D eigenvalue weighted by Gasteiger charge is -2.34. The van der Waals surface area contributed by atoms with Gasteiger partial charge in [0.25, 0.3) is 0 Å². The van der Waals surface area contributed by atoms with Crippen LogP contribution in [0, 0.1) is 0 Å². The molecule has 0 spiro atoms. The predicted molar refractivity (Wildman–Crippen MR) is 127 cm³/mol. The van der Waals surface area contributed by atoms with Crippen molar-refractivity contribution in [2.24, 2.45) is 7.05 Å². The number of aromatic hydroxyl groups is 1. The summed E-state index contributed by atoms with van der Waals surface area (Å²) in [7, 11) is 1.92. The van der Waals surface area contributed by atoms with Crippen LogP contribution >= 0.6 is 0 Å². The van der Waals surface area contributed by atoms with E-state index in [1.54, 1.807) is 12.1 Å². The molecule has 0 aliphatic carbocycles. The normalized spacial score (nSPS) is 16.3. The Morgan fingerprint density at radius 1 is 1.12 bits per heavy atom. The zero-order chi connectivity index (χ0) is 22.8. The monoisotopic (exact) mass is 445 g/mol. The standard InChI is InChI=1S/C25H27N5O3/c1-29-22-13-19(30-12-11-26-18(14-30)15-31)7-8-20(22)24(28-29)21-9-10-23(32)27-25(21)33-16-17-5-3-2-4-6-17/h2-10,13,18,26,31H,11-12,14-16H2,1H3,(H,27,32)/t18-/m0/s1. The van der Waals surface area contributed by atoms with Gasteiger partial charge in [0.15, 0.2) is 0 Å². The molecule has 0 radical (unpaired) electrons. The molecule has 8 heteroatoms. The largest absolute Gasteiger partial charge is 0.493 e. The van der Waals surface area contributed by atoms with E-state index in [9.17, 15) is 10.2 Å². The van der Waals surface area contributed by atoms with E-state index in [0.717, 1.165) is 53.0 Å². The minimum Gasteiger partial charge on any atom is -0.493 e. The molecule has 3 heterocycles. The molecule has 1 fully saturated rings. The Morgan fingerprint density at radius 3 is 2.79 bits per heavy atom. The zero-order valence-electron chi connectivity index (χ0n) is 18.5. The summed E-state index contributed by atoms with van der Waals surface area (Å²) in [5.74, 6) is 0.248. The molecule has 0 unspecified atom stereocenters. The van der Waals surface area contributed by atoms with Crippen molar-refractivity contribution in [3.8, 4) is 23.0 Å². The summed E-state index contributed by atoms with van der Waals surface area (Å²) in [6, 6.07) is 19.5. The van der Waals surface area contributed by atoms with Gasteiger partial charge in [-0.25, -0.2) is 0 Å². The minimum absolute atomic E-state index is 0.0731. The molecule has 0 saturated carbocycles. The fourth-order valence-corrected chi connectivity index (χ4v) is 4.27. The third-order valence-electron chi connectivity index (χ3n) is 6.00. The summed E-state index contributed by atoms with van der Waals surface area (Å²) >= 11 is 0. The number of aliphatic hydroxyl groups excluding tert-OH is 1. The maximum atomic E-state index is 9.98. The van der Waals surface area contributed by atoms with Crippen LogP contribution in [-0.4, -0.2) is 57.3 Å². The summed E-state index contributed by atoms with van der Waals surface area (Å²) in [4.78, 5) is 6.51. The molecular weight excluding hydrogens is 418 g/mol. The second-order valence-corrected chi connectivity index (χ2v) is 8.25. The molecule has 2 aromatic carbocycles. The molecule has 3 N–H and O–H groups in total. The van der Waals surface area contributed by atoms with Gasteiger partial charge in [-0.15, -0.1) is 0 Å². The van der Waals surface area contributed by atoms with Gasteiger partial charge in [-0.2, -0.15) is 10.1 Å². The number of anilines is 1. The SMILES string of the molecule is Cn1nc(-c2ccc(O)nc2OCc2ccccc2)c2ccc(N3CCN[C@H](CO)C3)cc21. The van der Waals surface area contributed by atoms with Gasteiger partial charge in [0.05, 0.1) is 17.7 Å². The molecule has 1 aliphatic rings. The van der Waals surface area contributed by atoms with Crippen molar-refractivity contribution in [2.75, 3.05) is 31.1 Å². The Bertz CT molecular complexity index is 1260. The number of piperazine rings is 1. The van der Waals surface area contributed by atoms with Crippen LogP contribution in [0.1, 0.15) is 5.56 Å². The number of fused-ring (bicyclic) bond motifs is 1. The van der Waals surface area contributed by atoms with E-state index < -0.39 is 0 Å². The lowest BCUT2D eigenvalue weighted by Crippen LogP contribution is -2.52. The highest BCUT2D eigenvalue weighted by molar-refractivity contribution is 5.96. The summed E-state index contributed by atoms with van der Waals surface area (Å²) in [5.41, 5.74) is 4.58. The number of aryl methyl sites for hydroxylation is 1. The highest BCUT2D eigenvalue weighted by Crippen LogP contribution is 2.36. The molecule has 0 bridgehead atoms. The quantitative estimate of drug-likeness (QED) is 0.420. The predicted octanol–water partition coefficient (Wildman–Crippen LogP) is 2.69. The van der Waals surface area contributed by atoms with Gasteiger partial charge < -0.3 is 25.2 Å². The van der Waals surface area contributed by atoms with E-state index >= 15 is 0 Å². The Labute approximate surface area is 192 Å². The number of ether oxygens (including phenoxy) is 1. The van der Waals surface area contributed by atoms with E-state index in [0.29, 0.717) is 12.5 Å². The highest BCUT2D eigenvalue weighted by Gasteiger charge is 2.21. The van der Waals surface area contributed by atoms with Gasteiger partial charge in [0.1, 0.15) is 12.3 Å². The number of aliphatic hydroxyl groups is 1. The number of benzene rings is 2. The Kier molecular flexibility index (Phi) is 5.85. The van der Waals surface area contributed by atoms with Gasteiger partial charge in [-0.3, -0.25) is 4.68 Å². The first-order valence-corrected chi connectivity index (χ1v) is 11.1. The van der Waals surface area contributed by atoms with Crippen molar-refractivity contribution in [3.63, 3.8) is 0 Å². The number of nitrogens with zero attached hydrogens (tertiary/aromatic N) is 4. The fraction of sp³-hybridized carbons (Fsp3) is 0.280. The first kappa shape index (κ1) is 21.2. The number of rotatable bonds is 6. The molecule has 5 rings (SSSR count). The minimum atomic E-state index is -0.0959. The topological polar surface area (TPSA) is 95.7 Å². The molecule has 170 valence electrons. The van der Waals surface area contributed by atoms with Crippen molar-refractivity contribution in [2.45, 2.75) is 12.6 Å². The van der Waals surface area contributed by atoms with E-state index in [1.807, 2.05) is 42.1 Å². The smallest absolute Gasteiger partial charge is 0.226 e. The molecule has 1 atom stereocenters. The first-order chi connectivity index (χ1) is 16.1. The second-order valence-electron chi connectivity index (χ2n) is 8.25. The molecule has 1 aliphatic heterocycles. The van der Waals surface area contributed by atoms with Gasteiger partial charge >= 0.3 is 0 Å². The third kappa shape index (κ3) is 4.35. The summed E-state index contributed by atoms with van der Waals surface area (Å²) in [5, 5.41) is 28.6. The van der Waals surface area contributed by atoms with Crippen molar-refractivity contribution in [1.29, 1.82) is 0 Å². The number of hydrogen-bond acceptors (Lipinski definition) is 7. The van der Waals surface area contributed by atoms with Crippen LogP contribution < -0.4 is 15.0 Å². The van der Waals surface area contributed by atoms with E-state index in [4.69, 9.17) is 9.84 Å². The van der Waals surface area contributed by atoms with Crippen LogP contribution in [0.3, 0.4) is 0 Å². The lowest BCUT2D eigenvalue weighted by molar-refractivity contribution is 0.235. The third-order valence-corrected chi connectivity index (χ3v) is 6.00. The van der Waals surface area contributed by atoms with Crippen LogP contribution in [0.4, 0.5) is 5.69 Å². The Morgan fingerprint density at radius 2 is 1.97 bits per heavy atom. The number of aromatic nitrogens is 3. The molecule has 1 saturated heterocycles. The molecule has 4 aromatic rings. The summed E-state index contributed by atoms with van der Waals surface area (Å²) < 4.78 is 7.86. The number of hydrogen-bond donors (Lipinski definition) is 3. The fourth-order valence-electron chi connectivity index (χ4n) is 4.27. The molecule has 2 aromatic heterocycles. The summed E-state index contributed by atoms with van der Waals surface area (Å²) in [6.45, 7) is 2.93. The van der Waals surface area contributed by atoms with Crippen molar-refractivity contribution >= 4 is 16.6 Å². The van der Waals surface area contributed by atoms with Gasteiger partial charge in [0.2, 0.25) is 11.8 Å². The van der Waals surface area contributed by atoms with Crippen molar-refractivity contribution in [1.82, 2.24) is 20.1 Å². The van der Waals surface area contributed by atoms with E-state index in [-0.39, 0.29) is 18.5 Å². The molecule has 0 amide bonds. The Balaban J connectivity index is 1.49. The van der Waals surface area contributed by atoms with Crippen molar-refractivity contribution < 1.29 is 14.9 Å². The van der Waals surface area contributed by atoms with Gasteiger partial charge in [0, 0.05) is 49.9 Å². The van der Waals surface area contributed by atoms with Crippen LogP contribution in [0.15, 0.2) is 60.7 Å². The van der Waals surface area contributed by atoms with Crippen LogP contribution in [0.25, 0.3) is 22.2 Å². The van der Waals surface area contributed by atoms with Crippen molar-refractivity contribution in [3.05, 3.63) is 66.2 Å².